The van der Waals surface area contributed by atoms with Crippen LogP contribution in [0.15, 0.2) is 30.5 Å². The van der Waals surface area contributed by atoms with Crippen LogP contribution in [0, 0.1) is 10.1 Å². The minimum Gasteiger partial charge on any atom is -0.360 e. The maximum Gasteiger partial charge on any atom is 0.329 e. The summed E-state index contributed by atoms with van der Waals surface area (Å²) in [5.74, 6) is 0.175. The Kier molecular flexibility index (Phi) is 14.6. The quantitative estimate of drug-likeness (QED) is 0.306. The number of halogens is 1. The van der Waals surface area contributed by atoms with Gasteiger partial charge in [-0.15, -0.1) is 0 Å². The summed E-state index contributed by atoms with van der Waals surface area (Å²) in [6.45, 7) is 13.8. The Morgan fingerprint density at radius 3 is 2.23 bits per heavy atom. The van der Waals surface area contributed by atoms with Gasteiger partial charge in [0.1, 0.15) is 6.20 Å². The summed E-state index contributed by atoms with van der Waals surface area (Å²) >= 11 is 5.71. The van der Waals surface area contributed by atoms with Crippen LogP contribution in [-0.4, -0.2) is 38.8 Å². The molecule has 1 aromatic heterocycles. The smallest absolute Gasteiger partial charge is 0.329 e. The number of benzene rings is 1. The van der Waals surface area contributed by atoms with Crippen molar-refractivity contribution in [3.05, 3.63) is 57.0 Å². The lowest BCUT2D eigenvalue weighted by molar-refractivity contribution is -0.384. The molecule has 0 atom stereocenters. The first-order valence-corrected chi connectivity index (χ1v) is 11.1. The van der Waals surface area contributed by atoms with E-state index >= 15 is 0 Å². The van der Waals surface area contributed by atoms with Crippen LogP contribution in [0.4, 0.5) is 11.5 Å². The molecule has 1 heterocycles. The zero-order valence-electron chi connectivity index (χ0n) is 19.3. The number of carbonyl (C=O) groups excluding carboxylic acids is 1. The number of nitro groups is 1. The molecule has 0 aliphatic rings. The molecular weight excluding hydrogens is 418 g/mol. The molecule has 0 spiro atoms. The summed E-state index contributed by atoms with van der Waals surface area (Å²) < 4.78 is 0. The molecule has 0 aliphatic carbocycles. The lowest BCUT2D eigenvalue weighted by atomic mass is 10.1. The highest BCUT2D eigenvalue weighted by atomic mass is 35.5. The number of nitrogens with one attached hydrogen (secondary N) is 1. The predicted octanol–water partition coefficient (Wildman–Crippen LogP) is 5.50. The van der Waals surface area contributed by atoms with Gasteiger partial charge in [0.25, 0.3) is 0 Å². The van der Waals surface area contributed by atoms with E-state index in [2.05, 4.69) is 15.3 Å². The van der Waals surface area contributed by atoms with Crippen LogP contribution in [0.25, 0.3) is 0 Å². The second-order valence-electron chi connectivity index (χ2n) is 5.95. The van der Waals surface area contributed by atoms with Crippen LogP contribution < -0.4 is 5.32 Å². The van der Waals surface area contributed by atoms with Crippen molar-refractivity contribution in [2.45, 2.75) is 60.9 Å². The van der Waals surface area contributed by atoms with E-state index in [0.29, 0.717) is 19.5 Å². The van der Waals surface area contributed by atoms with Crippen LogP contribution >= 0.6 is 11.6 Å². The number of likely N-dealkylation sites (N-methyl/N-ethyl adjacent to an activating group) is 1. The van der Waals surface area contributed by atoms with Crippen molar-refractivity contribution < 1.29 is 9.72 Å². The Labute approximate surface area is 190 Å². The summed E-state index contributed by atoms with van der Waals surface area (Å²) in [5, 5.41) is 13.9. The third-order valence-electron chi connectivity index (χ3n) is 4.00. The molecule has 2 rings (SSSR count). The molecule has 0 bridgehead atoms. The zero-order chi connectivity index (χ0) is 23.8. The summed E-state index contributed by atoms with van der Waals surface area (Å²) in [6, 6.07) is 7.52. The monoisotopic (exact) mass is 451 g/mol. The Hall–Kier alpha value is -2.74. The minimum absolute atomic E-state index is 0.0653. The first-order valence-electron chi connectivity index (χ1n) is 10.7. The second-order valence-corrected chi connectivity index (χ2v) is 6.29. The number of rotatable bonds is 9. The van der Waals surface area contributed by atoms with E-state index in [-0.39, 0.29) is 22.7 Å². The van der Waals surface area contributed by atoms with E-state index in [1.165, 1.54) is 0 Å². The number of carbonyl (C=O) groups is 1. The number of hydrogen-bond acceptors (Lipinski definition) is 6. The first kappa shape index (κ1) is 28.3. The highest BCUT2D eigenvalue weighted by Gasteiger charge is 2.16. The van der Waals surface area contributed by atoms with Gasteiger partial charge in [0.2, 0.25) is 17.0 Å². The molecule has 0 fully saturated rings. The number of amides is 1. The molecule has 172 valence electrons. The van der Waals surface area contributed by atoms with E-state index in [0.717, 1.165) is 30.3 Å². The van der Waals surface area contributed by atoms with Crippen LogP contribution in [0.5, 0.6) is 0 Å². The van der Waals surface area contributed by atoms with E-state index in [1.54, 1.807) is 0 Å². The molecule has 0 aliphatic heterocycles. The van der Waals surface area contributed by atoms with Crippen LogP contribution in [0.2, 0.25) is 5.28 Å². The van der Waals surface area contributed by atoms with E-state index < -0.39 is 4.92 Å². The zero-order valence-corrected chi connectivity index (χ0v) is 20.1. The van der Waals surface area contributed by atoms with Gasteiger partial charge in [-0.25, -0.2) is 4.98 Å². The Morgan fingerprint density at radius 2 is 1.71 bits per heavy atom. The van der Waals surface area contributed by atoms with Crippen molar-refractivity contribution in [2.75, 3.05) is 18.4 Å². The van der Waals surface area contributed by atoms with Gasteiger partial charge >= 0.3 is 5.69 Å². The molecular formula is C22H34ClN5O3. The average Bonchev–Trinajstić information content (AvgIpc) is 2.79. The molecule has 8 nitrogen and oxygen atoms in total. The SMILES string of the molecule is CC.CC.CCCN(CC)C(=O)Cc1ccc(CNc2nc(Cl)ncc2[N+](=O)[O-])cc1. The van der Waals surface area contributed by atoms with Crippen LogP contribution in [0.1, 0.15) is 59.1 Å². The first-order chi connectivity index (χ1) is 14.9. The Morgan fingerprint density at radius 1 is 1.13 bits per heavy atom. The van der Waals surface area contributed by atoms with Crippen molar-refractivity contribution in [1.29, 1.82) is 0 Å². The van der Waals surface area contributed by atoms with Gasteiger partial charge in [0.05, 0.1) is 11.3 Å². The summed E-state index contributed by atoms with van der Waals surface area (Å²) in [4.78, 5) is 32.1. The summed E-state index contributed by atoms with van der Waals surface area (Å²) in [6.07, 6.45) is 2.36. The Bertz CT molecular complexity index is 800. The number of aromatic nitrogens is 2. The average molecular weight is 452 g/mol. The van der Waals surface area contributed by atoms with Crippen molar-refractivity contribution in [2.24, 2.45) is 0 Å². The molecule has 2 aromatic rings. The molecule has 0 saturated heterocycles. The fraction of sp³-hybridized carbons (Fsp3) is 0.500. The summed E-state index contributed by atoms with van der Waals surface area (Å²) in [7, 11) is 0. The normalized spacial score (nSPS) is 9.52. The fourth-order valence-corrected chi connectivity index (χ4v) is 2.73. The maximum absolute atomic E-state index is 12.3. The third-order valence-corrected chi connectivity index (χ3v) is 4.19. The summed E-state index contributed by atoms with van der Waals surface area (Å²) in [5.41, 5.74) is 1.59. The molecule has 1 N–H and O–H groups in total. The maximum atomic E-state index is 12.3. The number of hydrogen-bond donors (Lipinski definition) is 1. The lowest BCUT2D eigenvalue weighted by Gasteiger charge is -2.20. The van der Waals surface area contributed by atoms with E-state index in [9.17, 15) is 14.9 Å². The second kappa shape index (κ2) is 16.0. The largest absolute Gasteiger partial charge is 0.360 e. The number of anilines is 1. The molecule has 31 heavy (non-hydrogen) atoms. The van der Waals surface area contributed by atoms with Crippen molar-refractivity contribution >= 4 is 29.0 Å². The standard InChI is InChI=1S/C18H22ClN5O3.2C2H6/c1-3-9-23(4-2)16(25)10-13-5-7-14(8-6-13)11-20-17-15(24(26)27)12-21-18(19)22-17;2*1-2/h5-8,12H,3-4,9-11H2,1-2H3,(H,20,21,22);2*1-2H3. The Balaban J connectivity index is 0.00000212. The highest BCUT2D eigenvalue weighted by Crippen LogP contribution is 2.22. The molecule has 9 heteroatoms. The topological polar surface area (TPSA) is 101 Å². The van der Waals surface area contributed by atoms with Gasteiger partial charge in [0.15, 0.2) is 0 Å². The van der Waals surface area contributed by atoms with Gasteiger partial charge in [-0.1, -0.05) is 58.9 Å². The van der Waals surface area contributed by atoms with Crippen LogP contribution in [-0.2, 0) is 17.8 Å². The van der Waals surface area contributed by atoms with Gasteiger partial charge < -0.3 is 10.2 Å². The molecule has 1 aromatic carbocycles. The van der Waals surface area contributed by atoms with E-state index in [4.69, 9.17) is 11.6 Å². The lowest BCUT2D eigenvalue weighted by Crippen LogP contribution is -2.32. The van der Waals surface area contributed by atoms with Crippen LogP contribution in [0.3, 0.4) is 0 Å². The van der Waals surface area contributed by atoms with Crippen molar-refractivity contribution in [3.8, 4) is 0 Å². The molecule has 0 radical (unpaired) electrons. The molecule has 0 unspecified atom stereocenters. The minimum atomic E-state index is -0.566. The molecule has 0 saturated carbocycles. The van der Waals surface area contributed by atoms with Gasteiger partial charge in [-0.05, 0) is 36.1 Å². The predicted molar refractivity (Wildman–Crippen MR) is 126 cm³/mol. The van der Waals surface area contributed by atoms with Crippen molar-refractivity contribution in [3.63, 3.8) is 0 Å². The molecule has 1 amide bonds. The third kappa shape index (κ3) is 9.74. The van der Waals surface area contributed by atoms with E-state index in [1.807, 2.05) is 70.7 Å². The van der Waals surface area contributed by atoms with Gasteiger partial charge in [-0.3, -0.25) is 14.9 Å². The van der Waals surface area contributed by atoms with Gasteiger partial charge in [-0.2, -0.15) is 4.98 Å². The van der Waals surface area contributed by atoms with Gasteiger partial charge in [0, 0.05) is 19.6 Å². The number of nitrogens with zero attached hydrogens (tertiary/aromatic N) is 4. The van der Waals surface area contributed by atoms with Crippen molar-refractivity contribution in [1.82, 2.24) is 14.9 Å². The fourth-order valence-electron chi connectivity index (χ4n) is 2.59. The highest BCUT2D eigenvalue weighted by molar-refractivity contribution is 6.28.